The molecule has 0 bridgehead atoms. The largest absolute Gasteiger partial charge is 0.493 e. The van der Waals surface area contributed by atoms with E-state index in [-0.39, 0.29) is 5.91 Å². The quantitative estimate of drug-likeness (QED) is 0.276. The summed E-state index contributed by atoms with van der Waals surface area (Å²) in [6, 6.07) is 17.6. The lowest BCUT2D eigenvalue weighted by Gasteiger charge is -2.15. The van der Waals surface area contributed by atoms with Crippen LogP contribution in [0.4, 0.5) is 5.69 Å². The number of carbonyl (C=O) groups excluding carboxylic acids is 1. The van der Waals surface area contributed by atoms with Crippen LogP contribution in [0.15, 0.2) is 71.4 Å². The topological polar surface area (TPSA) is 51.5 Å². The molecule has 0 aliphatic heterocycles. The van der Waals surface area contributed by atoms with E-state index in [2.05, 4.69) is 12.2 Å². The van der Waals surface area contributed by atoms with Gasteiger partial charge in [-0.3, -0.25) is 4.79 Å². The number of fused-ring (bicyclic) bond motifs is 1. The summed E-state index contributed by atoms with van der Waals surface area (Å²) in [6.45, 7) is 8.44. The fourth-order valence-corrected chi connectivity index (χ4v) is 4.31. The second-order valence-corrected chi connectivity index (χ2v) is 8.61. The predicted octanol–water partition coefficient (Wildman–Crippen LogP) is 8.06. The monoisotopic (exact) mass is 473 g/mol. The molecule has 1 heterocycles. The Morgan fingerprint density at radius 1 is 1.12 bits per heavy atom. The Labute approximate surface area is 205 Å². The van der Waals surface area contributed by atoms with E-state index in [1.807, 2.05) is 75.4 Å². The van der Waals surface area contributed by atoms with Crippen molar-refractivity contribution in [3.8, 4) is 16.9 Å². The zero-order valence-corrected chi connectivity index (χ0v) is 20.6. The number of hydrogen-bond acceptors (Lipinski definition) is 3. The van der Waals surface area contributed by atoms with Crippen LogP contribution in [0.2, 0.25) is 5.02 Å². The molecule has 4 rings (SSSR count). The third-order valence-electron chi connectivity index (χ3n) is 5.92. The first-order valence-corrected chi connectivity index (χ1v) is 11.8. The van der Waals surface area contributed by atoms with E-state index in [0.29, 0.717) is 11.6 Å². The van der Waals surface area contributed by atoms with Crippen molar-refractivity contribution in [3.63, 3.8) is 0 Å². The number of amides is 1. The molecular weight excluding hydrogens is 446 g/mol. The molecule has 0 saturated carbocycles. The Bertz CT molecular complexity index is 1370. The molecule has 0 unspecified atom stereocenters. The number of para-hydroxylation sites is 1. The Kier molecular flexibility index (Phi) is 7.09. The standard InChI is InChI=1S/C29H28ClNO3/c1-5-20-9-7-8-10-26(20)31-27(32)15-18(3)23-16-24-25(21-11-13-22(30)14-12-21)17-34-29(24)19(4)28(23)33-6-2/h7-17H,5-6H2,1-4H3,(H,31,32)/b18-15+. The van der Waals surface area contributed by atoms with E-state index in [0.717, 1.165) is 62.2 Å². The van der Waals surface area contributed by atoms with Crippen LogP contribution in [-0.4, -0.2) is 12.5 Å². The molecule has 0 aliphatic carbocycles. The van der Waals surface area contributed by atoms with Gasteiger partial charge in [0.25, 0.3) is 0 Å². The van der Waals surface area contributed by atoms with Gasteiger partial charge >= 0.3 is 0 Å². The lowest BCUT2D eigenvalue weighted by Crippen LogP contribution is -2.10. The third-order valence-corrected chi connectivity index (χ3v) is 6.17. The third kappa shape index (κ3) is 4.73. The molecular formula is C29H28ClNO3. The van der Waals surface area contributed by atoms with Crippen LogP contribution in [0.5, 0.6) is 5.75 Å². The molecule has 5 heteroatoms. The van der Waals surface area contributed by atoms with Crippen molar-refractivity contribution in [2.75, 3.05) is 11.9 Å². The van der Waals surface area contributed by atoms with Gasteiger partial charge in [-0.15, -0.1) is 0 Å². The van der Waals surface area contributed by atoms with Crippen molar-refractivity contribution in [3.05, 3.63) is 88.6 Å². The zero-order chi connectivity index (χ0) is 24.2. The lowest BCUT2D eigenvalue weighted by molar-refractivity contribution is -0.111. The number of furan rings is 1. The van der Waals surface area contributed by atoms with Gasteiger partial charge in [0, 0.05) is 38.9 Å². The summed E-state index contributed by atoms with van der Waals surface area (Å²) in [5.41, 5.74) is 7.24. The normalized spacial score (nSPS) is 11.6. The van der Waals surface area contributed by atoms with Crippen LogP contribution >= 0.6 is 11.6 Å². The molecule has 1 amide bonds. The summed E-state index contributed by atoms with van der Waals surface area (Å²) < 4.78 is 12.0. The van der Waals surface area contributed by atoms with Crippen molar-refractivity contribution in [1.29, 1.82) is 0 Å². The second kappa shape index (κ2) is 10.2. The molecule has 4 aromatic rings. The van der Waals surface area contributed by atoms with Crippen LogP contribution in [0.25, 0.3) is 27.7 Å². The molecule has 0 spiro atoms. The minimum absolute atomic E-state index is 0.177. The van der Waals surface area contributed by atoms with Gasteiger partial charge in [0.2, 0.25) is 5.91 Å². The van der Waals surface area contributed by atoms with Crippen LogP contribution in [0.3, 0.4) is 0 Å². The number of carbonyl (C=O) groups is 1. The van der Waals surface area contributed by atoms with Crippen molar-refractivity contribution in [2.45, 2.75) is 34.1 Å². The van der Waals surface area contributed by atoms with Crippen LogP contribution in [0.1, 0.15) is 37.5 Å². The summed E-state index contributed by atoms with van der Waals surface area (Å²) in [7, 11) is 0. The SMILES string of the molecule is CCOc1c(/C(C)=C/C(=O)Nc2ccccc2CC)cc2c(-c3ccc(Cl)cc3)coc2c1C. The van der Waals surface area contributed by atoms with Crippen molar-refractivity contribution < 1.29 is 13.9 Å². The van der Waals surface area contributed by atoms with Gasteiger partial charge in [0.15, 0.2) is 0 Å². The number of ether oxygens (including phenoxy) is 1. The maximum atomic E-state index is 12.9. The zero-order valence-electron chi connectivity index (χ0n) is 19.9. The number of halogens is 1. The highest BCUT2D eigenvalue weighted by Crippen LogP contribution is 2.41. The van der Waals surface area contributed by atoms with Crippen molar-refractivity contribution in [1.82, 2.24) is 0 Å². The number of allylic oxidation sites excluding steroid dienone is 1. The van der Waals surface area contributed by atoms with Crippen LogP contribution < -0.4 is 10.1 Å². The molecule has 0 radical (unpaired) electrons. The molecule has 34 heavy (non-hydrogen) atoms. The van der Waals surface area contributed by atoms with E-state index in [9.17, 15) is 4.79 Å². The lowest BCUT2D eigenvalue weighted by atomic mass is 9.96. The minimum atomic E-state index is -0.177. The average molecular weight is 474 g/mol. The molecule has 3 aromatic carbocycles. The molecule has 0 atom stereocenters. The fraction of sp³-hybridized carbons (Fsp3) is 0.207. The van der Waals surface area contributed by atoms with Gasteiger partial charge < -0.3 is 14.5 Å². The average Bonchev–Trinajstić information content (AvgIpc) is 3.26. The number of hydrogen-bond donors (Lipinski definition) is 1. The van der Waals surface area contributed by atoms with E-state index < -0.39 is 0 Å². The van der Waals surface area contributed by atoms with E-state index in [1.165, 1.54) is 0 Å². The summed E-state index contributed by atoms with van der Waals surface area (Å²) in [5.74, 6) is 0.547. The molecule has 0 saturated heterocycles. The highest BCUT2D eigenvalue weighted by atomic mass is 35.5. The Hall–Kier alpha value is -3.50. The van der Waals surface area contributed by atoms with Crippen LogP contribution in [0, 0.1) is 6.92 Å². The molecule has 1 N–H and O–H groups in total. The number of rotatable bonds is 7. The predicted molar refractivity (Wildman–Crippen MR) is 141 cm³/mol. The Balaban J connectivity index is 1.77. The highest BCUT2D eigenvalue weighted by molar-refractivity contribution is 6.30. The molecule has 0 aliphatic rings. The first-order chi connectivity index (χ1) is 16.4. The number of aryl methyl sites for hydroxylation is 2. The molecule has 0 fully saturated rings. The second-order valence-electron chi connectivity index (χ2n) is 8.17. The summed E-state index contributed by atoms with van der Waals surface area (Å²) in [5, 5.41) is 4.66. The Morgan fingerprint density at radius 2 is 1.85 bits per heavy atom. The highest BCUT2D eigenvalue weighted by Gasteiger charge is 2.19. The molecule has 174 valence electrons. The first-order valence-electron chi connectivity index (χ1n) is 11.4. The van der Waals surface area contributed by atoms with E-state index in [4.69, 9.17) is 20.8 Å². The van der Waals surface area contributed by atoms with E-state index >= 15 is 0 Å². The fourth-order valence-electron chi connectivity index (χ4n) is 4.19. The summed E-state index contributed by atoms with van der Waals surface area (Å²) in [6.07, 6.45) is 4.23. The Morgan fingerprint density at radius 3 is 2.56 bits per heavy atom. The maximum Gasteiger partial charge on any atom is 0.248 e. The van der Waals surface area contributed by atoms with Crippen molar-refractivity contribution in [2.24, 2.45) is 0 Å². The van der Waals surface area contributed by atoms with Gasteiger partial charge in [-0.25, -0.2) is 0 Å². The number of nitrogens with one attached hydrogen (secondary N) is 1. The minimum Gasteiger partial charge on any atom is -0.493 e. The van der Waals surface area contributed by atoms with Gasteiger partial charge in [-0.2, -0.15) is 0 Å². The van der Waals surface area contributed by atoms with E-state index in [1.54, 1.807) is 12.3 Å². The van der Waals surface area contributed by atoms with Gasteiger partial charge in [0.05, 0.1) is 12.9 Å². The summed E-state index contributed by atoms with van der Waals surface area (Å²) >= 11 is 6.08. The summed E-state index contributed by atoms with van der Waals surface area (Å²) in [4.78, 5) is 12.9. The first kappa shape index (κ1) is 23.7. The maximum absolute atomic E-state index is 12.9. The number of anilines is 1. The van der Waals surface area contributed by atoms with Crippen molar-refractivity contribution >= 4 is 39.7 Å². The molecule has 4 nitrogen and oxygen atoms in total. The smallest absolute Gasteiger partial charge is 0.248 e. The van der Waals surface area contributed by atoms with Crippen LogP contribution in [-0.2, 0) is 11.2 Å². The molecule has 1 aromatic heterocycles. The van der Waals surface area contributed by atoms with Gasteiger partial charge in [-0.05, 0) is 68.2 Å². The van der Waals surface area contributed by atoms with Gasteiger partial charge in [-0.1, -0.05) is 48.9 Å². The number of benzene rings is 3. The van der Waals surface area contributed by atoms with Gasteiger partial charge in [0.1, 0.15) is 11.3 Å².